The second kappa shape index (κ2) is 7.08. The summed E-state index contributed by atoms with van der Waals surface area (Å²) in [5.74, 6) is -0.539. The van der Waals surface area contributed by atoms with Crippen molar-refractivity contribution in [2.45, 2.75) is 6.92 Å². The number of carbonyl (C=O) groups is 2. The molecule has 0 unspecified atom stereocenters. The predicted molar refractivity (Wildman–Crippen MR) is 106 cm³/mol. The highest BCUT2D eigenvalue weighted by Gasteiger charge is 2.13. The van der Waals surface area contributed by atoms with E-state index in [1.165, 1.54) is 31.2 Å². The maximum absolute atomic E-state index is 13.3. The maximum Gasteiger partial charge on any atom is 0.256 e. The van der Waals surface area contributed by atoms with Gasteiger partial charge >= 0.3 is 0 Å². The van der Waals surface area contributed by atoms with Crippen LogP contribution in [-0.2, 0) is 0 Å². The van der Waals surface area contributed by atoms with E-state index in [9.17, 15) is 14.0 Å². The first-order valence-electron chi connectivity index (χ1n) is 8.68. The molecular formula is C22H16FN3O2. The van der Waals surface area contributed by atoms with Gasteiger partial charge in [0.25, 0.3) is 5.91 Å². The number of nitrogens with zero attached hydrogens (tertiary/aromatic N) is 1. The SMILES string of the molecule is CC(=O)c1cccc(-c2ccc3c(NC(=O)c4cccc(F)c4)n[nH]c3c2)c1. The fourth-order valence-electron chi connectivity index (χ4n) is 3.02. The van der Waals surface area contributed by atoms with Gasteiger partial charge in [-0.25, -0.2) is 4.39 Å². The van der Waals surface area contributed by atoms with Crippen molar-refractivity contribution in [3.05, 3.63) is 83.7 Å². The highest BCUT2D eigenvalue weighted by Crippen LogP contribution is 2.28. The van der Waals surface area contributed by atoms with Crippen LogP contribution in [0.3, 0.4) is 0 Å². The number of hydrogen-bond acceptors (Lipinski definition) is 3. The Bertz CT molecular complexity index is 1210. The van der Waals surface area contributed by atoms with Gasteiger partial charge in [-0.3, -0.25) is 14.7 Å². The number of anilines is 1. The number of rotatable bonds is 4. The van der Waals surface area contributed by atoms with Crippen LogP contribution in [0.4, 0.5) is 10.2 Å². The Morgan fingerprint density at radius 3 is 2.46 bits per heavy atom. The average molecular weight is 373 g/mol. The van der Waals surface area contributed by atoms with Crippen LogP contribution in [0.15, 0.2) is 66.7 Å². The number of H-pyrrole nitrogens is 1. The Morgan fingerprint density at radius 2 is 1.68 bits per heavy atom. The van der Waals surface area contributed by atoms with Crippen molar-refractivity contribution in [1.82, 2.24) is 10.2 Å². The van der Waals surface area contributed by atoms with Gasteiger partial charge in [0.2, 0.25) is 0 Å². The van der Waals surface area contributed by atoms with E-state index < -0.39 is 11.7 Å². The second-order valence-electron chi connectivity index (χ2n) is 6.43. The van der Waals surface area contributed by atoms with Crippen LogP contribution in [-0.4, -0.2) is 21.9 Å². The van der Waals surface area contributed by atoms with Gasteiger partial charge in [0, 0.05) is 16.5 Å². The topological polar surface area (TPSA) is 74.8 Å². The minimum Gasteiger partial charge on any atom is -0.305 e. The van der Waals surface area contributed by atoms with Crippen LogP contribution < -0.4 is 5.32 Å². The molecule has 0 saturated carbocycles. The summed E-state index contributed by atoms with van der Waals surface area (Å²) in [6.07, 6.45) is 0. The van der Waals surface area contributed by atoms with E-state index in [-0.39, 0.29) is 11.3 Å². The molecule has 4 aromatic rings. The van der Waals surface area contributed by atoms with E-state index in [0.717, 1.165) is 22.0 Å². The van der Waals surface area contributed by atoms with Gasteiger partial charge in [-0.05, 0) is 54.4 Å². The number of benzene rings is 3. The summed E-state index contributed by atoms with van der Waals surface area (Å²) in [5, 5.41) is 10.5. The number of aromatic nitrogens is 2. The first-order chi connectivity index (χ1) is 13.5. The number of ketones is 1. The fraction of sp³-hybridized carbons (Fsp3) is 0.0455. The molecular weight excluding hydrogens is 357 g/mol. The van der Waals surface area contributed by atoms with Crippen LogP contribution >= 0.6 is 0 Å². The lowest BCUT2D eigenvalue weighted by molar-refractivity contribution is 0.101. The molecule has 0 atom stereocenters. The summed E-state index contributed by atoms with van der Waals surface area (Å²) in [6, 6.07) is 18.5. The summed E-state index contributed by atoms with van der Waals surface area (Å²) in [4.78, 5) is 23.9. The number of hydrogen-bond donors (Lipinski definition) is 2. The van der Waals surface area contributed by atoms with Crippen molar-refractivity contribution in [3.63, 3.8) is 0 Å². The molecule has 4 rings (SSSR count). The van der Waals surface area contributed by atoms with Gasteiger partial charge < -0.3 is 5.32 Å². The summed E-state index contributed by atoms with van der Waals surface area (Å²) in [5.41, 5.74) is 3.43. The molecule has 2 N–H and O–H groups in total. The maximum atomic E-state index is 13.3. The summed E-state index contributed by atoms with van der Waals surface area (Å²) in [6.45, 7) is 1.53. The normalized spacial score (nSPS) is 10.8. The molecule has 0 fully saturated rings. The molecule has 0 aliphatic rings. The van der Waals surface area contributed by atoms with Gasteiger partial charge in [-0.2, -0.15) is 5.10 Å². The van der Waals surface area contributed by atoms with Crippen LogP contribution in [0.5, 0.6) is 0 Å². The van der Waals surface area contributed by atoms with E-state index in [4.69, 9.17) is 0 Å². The number of halogens is 1. The van der Waals surface area contributed by atoms with Crippen molar-refractivity contribution in [2.75, 3.05) is 5.32 Å². The molecule has 1 amide bonds. The standard InChI is InChI=1S/C22H16FN3O2/c1-13(27)14-4-2-5-15(10-14)16-8-9-19-20(12-16)25-26-21(19)24-22(28)17-6-3-7-18(23)11-17/h2-12H,1H3,(H2,24,25,26,28). The first kappa shape index (κ1) is 17.6. The van der Waals surface area contributed by atoms with Crippen molar-refractivity contribution >= 4 is 28.4 Å². The van der Waals surface area contributed by atoms with Crippen molar-refractivity contribution in [2.24, 2.45) is 0 Å². The first-order valence-corrected chi connectivity index (χ1v) is 8.68. The molecule has 6 heteroatoms. The van der Waals surface area contributed by atoms with Crippen molar-refractivity contribution in [3.8, 4) is 11.1 Å². The third-order valence-electron chi connectivity index (χ3n) is 4.48. The zero-order chi connectivity index (χ0) is 19.7. The number of carbonyl (C=O) groups excluding carboxylic acids is 2. The van der Waals surface area contributed by atoms with Crippen LogP contribution in [0, 0.1) is 5.82 Å². The molecule has 0 aliphatic carbocycles. The van der Waals surface area contributed by atoms with Crippen LogP contribution in [0.1, 0.15) is 27.6 Å². The zero-order valence-electron chi connectivity index (χ0n) is 15.0. The zero-order valence-corrected chi connectivity index (χ0v) is 15.0. The van der Waals surface area contributed by atoms with Crippen LogP contribution in [0.2, 0.25) is 0 Å². The molecule has 0 radical (unpaired) electrons. The summed E-state index contributed by atoms with van der Waals surface area (Å²) in [7, 11) is 0. The smallest absolute Gasteiger partial charge is 0.256 e. The van der Waals surface area contributed by atoms with E-state index in [1.807, 2.05) is 36.4 Å². The Balaban J connectivity index is 1.64. The molecule has 138 valence electrons. The number of amides is 1. The number of nitrogens with one attached hydrogen (secondary N) is 2. The van der Waals surface area contributed by atoms with Crippen molar-refractivity contribution in [1.29, 1.82) is 0 Å². The number of fused-ring (bicyclic) bond motifs is 1. The quantitative estimate of drug-likeness (QED) is 0.504. The van der Waals surface area contributed by atoms with Gasteiger partial charge in [0.1, 0.15) is 5.82 Å². The predicted octanol–water partition coefficient (Wildman–Crippen LogP) is 4.82. The number of Topliss-reactive ketones (excluding diaryl/α,β-unsaturated/α-hetero) is 1. The molecule has 28 heavy (non-hydrogen) atoms. The second-order valence-corrected chi connectivity index (χ2v) is 6.43. The van der Waals surface area contributed by atoms with Crippen LogP contribution in [0.25, 0.3) is 22.0 Å². The summed E-state index contributed by atoms with van der Waals surface area (Å²) < 4.78 is 13.3. The Kier molecular flexibility index (Phi) is 4.45. The highest BCUT2D eigenvalue weighted by atomic mass is 19.1. The van der Waals surface area contributed by atoms with Gasteiger partial charge in [-0.1, -0.05) is 30.3 Å². The van der Waals surface area contributed by atoms with Gasteiger partial charge in [-0.15, -0.1) is 0 Å². The molecule has 1 heterocycles. The minimum absolute atomic E-state index is 0.00631. The Morgan fingerprint density at radius 1 is 0.929 bits per heavy atom. The van der Waals surface area contributed by atoms with E-state index in [1.54, 1.807) is 6.07 Å². The highest BCUT2D eigenvalue weighted by molar-refractivity contribution is 6.08. The van der Waals surface area contributed by atoms with E-state index in [2.05, 4.69) is 15.5 Å². The molecule has 0 bridgehead atoms. The fourth-order valence-corrected chi connectivity index (χ4v) is 3.02. The van der Waals surface area contributed by atoms with Gasteiger partial charge in [0.05, 0.1) is 5.52 Å². The monoisotopic (exact) mass is 373 g/mol. The number of aromatic amines is 1. The molecule has 1 aromatic heterocycles. The van der Waals surface area contributed by atoms with Crippen molar-refractivity contribution < 1.29 is 14.0 Å². The molecule has 0 spiro atoms. The van der Waals surface area contributed by atoms with Gasteiger partial charge in [0.15, 0.2) is 11.6 Å². The Hall–Kier alpha value is -3.80. The average Bonchev–Trinajstić information content (AvgIpc) is 3.10. The molecule has 0 saturated heterocycles. The summed E-state index contributed by atoms with van der Waals surface area (Å²) >= 11 is 0. The van der Waals surface area contributed by atoms with E-state index in [0.29, 0.717) is 11.4 Å². The van der Waals surface area contributed by atoms with E-state index >= 15 is 0 Å². The minimum atomic E-state index is -0.475. The third-order valence-corrected chi connectivity index (χ3v) is 4.48. The largest absolute Gasteiger partial charge is 0.305 e. The lowest BCUT2D eigenvalue weighted by Crippen LogP contribution is -2.12. The lowest BCUT2D eigenvalue weighted by Gasteiger charge is -2.05. The molecule has 0 aliphatic heterocycles. The Labute approximate surface area is 160 Å². The molecule has 5 nitrogen and oxygen atoms in total. The molecule has 3 aromatic carbocycles. The lowest BCUT2D eigenvalue weighted by atomic mass is 10.0. The third kappa shape index (κ3) is 3.40.